The van der Waals surface area contributed by atoms with Gasteiger partial charge in [0.1, 0.15) is 11.5 Å². The lowest BCUT2D eigenvalue weighted by Crippen LogP contribution is -2.36. The first-order valence-corrected chi connectivity index (χ1v) is 8.34. The number of hydrogen-bond acceptors (Lipinski definition) is 5. The number of carbonyl (C=O) groups excluding carboxylic acids is 2. The maximum absolute atomic E-state index is 12.0. The Labute approximate surface area is 157 Å². The highest BCUT2D eigenvalue weighted by atomic mass is 35.5. The molecule has 0 radical (unpaired) electrons. The van der Waals surface area contributed by atoms with Gasteiger partial charge in [-0.25, -0.2) is 4.79 Å². The molecule has 0 aliphatic rings. The summed E-state index contributed by atoms with van der Waals surface area (Å²) in [5.41, 5.74) is 0.906. The summed E-state index contributed by atoms with van der Waals surface area (Å²) >= 11 is 5.77. The van der Waals surface area contributed by atoms with Gasteiger partial charge < -0.3 is 19.5 Å². The summed E-state index contributed by atoms with van der Waals surface area (Å²) in [6.45, 7) is 1.53. The van der Waals surface area contributed by atoms with E-state index in [9.17, 15) is 9.59 Å². The van der Waals surface area contributed by atoms with Crippen molar-refractivity contribution in [2.24, 2.45) is 0 Å². The second-order valence-electron chi connectivity index (χ2n) is 5.44. The first-order chi connectivity index (χ1) is 12.5. The lowest BCUT2D eigenvalue weighted by molar-refractivity contribution is -0.156. The van der Waals surface area contributed by atoms with Crippen LogP contribution in [0.15, 0.2) is 48.5 Å². The second-order valence-corrected chi connectivity index (χ2v) is 5.88. The van der Waals surface area contributed by atoms with Crippen LogP contribution in [0.5, 0.6) is 11.5 Å². The van der Waals surface area contributed by atoms with Crippen molar-refractivity contribution in [2.75, 3.05) is 13.7 Å². The number of ether oxygens (including phenoxy) is 3. The molecule has 0 heterocycles. The van der Waals surface area contributed by atoms with Gasteiger partial charge in [0.05, 0.1) is 7.11 Å². The maximum Gasteiger partial charge on any atom is 0.344 e. The monoisotopic (exact) mass is 377 g/mol. The fourth-order valence-electron chi connectivity index (χ4n) is 2.03. The fraction of sp³-hybridized carbons (Fsp3) is 0.263. The molecule has 0 saturated heterocycles. The minimum absolute atomic E-state index is 0.294. The number of benzene rings is 2. The van der Waals surface area contributed by atoms with Gasteiger partial charge in [0.25, 0.3) is 5.91 Å². The van der Waals surface area contributed by atoms with Crippen LogP contribution in [0.1, 0.15) is 12.5 Å². The quantitative estimate of drug-likeness (QED) is 0.716. The number of amides is 1. The zero-order valence-corrected chi connectivity index (χ0v) is 15.3. The molecule has 2 rings (SSSR count). The standard InChI is InChI=1S/C19H20ClNO5/c1-13(19(23)21-11-14-3-7-16(24-2)8-4-14)26-18(22)12-25-17-9-5-15(20)6-10-17/h3-10,13H,11-12H2,1-2H3,(H,21,23)/t13-/m0/s1. The molecule has 0 fully saturated rings. The van der Waals surface area contributed by atoms with Crippen LogP contribution < -0.4 is 14.8 Å². The van der Waals surface area contributed by atoms with Gasteiger partial charge in [-0.3, -0.25) is 4.79 Å². The molecule has 7 heteroatoms. The van der Waals surface area contributed by atoms with Gasteiger partial charge >= 0.3 is 5.97 Å². The van der Waals surface area contributed by atoms with Crippen LogP contribution in [0.4, 0.5) is 0 Å². The summed E-state index contributed by atoms with van der Waals surface area (Å²) in [5.74, 6) is 0.207. The van der Waals surface area contributed by atoms with Crippen molar-refractivity contribution >= 4 is 23.5 Å². The van der Waals surface area contributed by atoms with Gasteiger partial charge in [0, 0.05) is 11.6 Å². The molecule has 0 aliphatic heterocycles. The highest BCUT2D eigenvalue weighted by Crippen LogP contribution is 2.15. The molecule has 0 saturated carbocycles. The predicted molar refractivity (Wildman–Crippen MR) is 97.3 cm³/mol. The summed E-state index contributed by atoms with van der Waals surface area (Å²) < 4.78 is 15.4. The lowest BCUT2D eigenvalue weighted by atomic mass is 10.2. The van der Waals surface area contributed by atoms with Gasteiger partial charge in [0.15, 0.2) is 12.7 Å². The smallest absolute Gasteiger partial charge is 0.344 e. The first-order valence-electron chi connectivity index (χ1n) is 7.96. The largest absolute Gasteiger partial charge is 0.497 e. The predicted octanol–water partition coefficient (Wildman–Crippen LogP) is 2.98. The Morgan fingerprint density at radius 2 is 1.65 bits per heavy atom. The third-order valence-electron chi connectivity index (χ3n) is 3.47. The van der Waals surface area contributed by atoms with Crippen molar-refractivity contribution in [3.63, 3.8) is 0 Å². The van der Waals surface area contributed by atoms with E-state index < -0.39 is 12.1 Å². The van der Waals surface area contributed by atoms with Crippen molar-refractivity contribution in [3.8, 4) is 11.5 Å². The molecule has 26 heavy (non-hydrogen) atoms. The van der Waals surface area contributed by atoms with Gasteiger partial charge in [-0.1, -0.05) is 23.7 Å². The first kappa shape index (κ1) is 19.6. The molecule has 1 N–H and O–H groups in total. The van der Waals surface area contributed by atoms with Gasteiger partial charge in [-0.05, 0) is 48.9 Å². The van der Waals surface area contributed by atoms with E-state index >= 15 is 0 Å². The van der Waals surface area contributed by atoms with Crippen LogP contribution in [-0.4, -0.2) is 31.7 Å². The van der Waals surface area contributed by atoms with E-state index in [1.54, 1.807) is 43.5 Å². The summed E-state index contributed by atoms with van der Waals surface area (Å²) in [4.78, 5) is 23.8. The Kier molecular flexibility index (Phi) is 7.29. The molecule has 2 aromatic carbocycles. The van der Waals surface area contributed by atoms with Crippen LogP contribution in [0.25, 0.3) is 0 Å². The van der Waals surface area contributed by atoms with Crippen molar-refractivity contribution in [3.05, 3.63) is 59.1 Å². The molecule has 1 atom stereocenters. The lowest BCUT2D eigenvalue weighted by Gasteiger charge is -2.14. The molecule has 0 aromatic heterocycles. The Hall–Kier alpha value is -2.73. The molecule has 1 amide bonds. The second kappa shape index (κ2) is 9.68. The highest BCUT2D eigenvalue weighted by molar-refractivity contribution is 6.30. The van der Waals surface area contributed by atoms with E-state index in [0.717, 1.165) is 11.3 Å². The summed E-state index contributed by atoms with van der Waals surface area (Å²) in [7, 11) is 1.59. The highest BCUT2D eigenvalue weighted by Gasteiger charge is 2.17. The number of carbonyl (C=O) groups is 2. The molecule has 0 spiro atoms. The molecule has 0 unspecified atom stereocenters. The van der Waals surface area contributed by atoms with E-state index in [0.29, 0.717) is 17.3 Å². The molecule has 138 valence electrons. The van der Waals surface area contributed by atoms with E-state index in [-0.39, 0.29) is 12.5 Å². The van der Waals surface area contributed by atoms with E-state index in [2.05, 4.69) is 5.32 Å². The average Bonchev–Trinajstić information content (AvgIpc) is 2.66. The Morgan fingerprint density at radius 3 is 2.27 bits per heavy atom. The van der Waals surface area contributed by atoms with E-state index in [1.165, 1.54) is 6.92 Å². The third kappa shape index (κ3) is 6.29. The summed E-state index contributed by atoms with van der Waals surface area (Å²) in [6.07, 6.45) is -0.922. The molecule has 0 aliphatic carbocycles. The maximum atomic E-state index is 12.0. The zero-order chi connectivity index (χ0) is 18.9. The van der Waals surface area contributed by atoms with Crippen molar-refractivity contribution in [1.82, 2.24) is 5.32 Å². The SMILES string of the molecule is COc1ccc(CNC(=O)[C@H](C)OC(=O)COc2ccc(Cl)cc2)cc1. The number of nitrogens with one attached hydrogen (secondary N) is 1. The normalized spacial score (nSPS) is 11.3. The molecular formula is C19H20ClNO5. The van der Waals surface area contributed by atoms with Crippen molar-refractivity contribution in [1.29, 1.82) is 0 Å². The van der Waals surface area contributed by atoms with Gasteiger partial charge in [-0.15, -0.1) is 0 Å². The van der Waals surface area contributed by atoms with Crippen LogP contribution in [0, 0.1) is 0 Å². The fourth-order valence-corrected chi connectivity index (χ4v) is 2.16. The minimum atomic E-state index is -0.922. The van der Waals surface area contributed by atoms with Crippen LogP contribution >= 0.6 is 11.6 Å². The van der Waals surface area contributed by atoms with Crippen LogP contribution in [-0.2, 0) is 20.9 Å². The number of rotatable bonds is 8. The Morgan fingerprint density at radius 1 is 1.04 bits per heavy atom. The zero-order valence-electron chi connectivity index (χ0n) is 14.5. The third-order valence-corrected chi connectivity index (χ3v) is 3.73. The number of hydrogen-bond donors (Lipinski definition) is 1. The minimum Gasteiger partial charge on any atom is -0.497 e. The number of halogens is 1. The van der Waals surface area contributed by atoms with Gasteiger partial charge in [0.2, 0.25) is 0 Å². The summed E-state index contributed by atoms with van der Waals surface area (Å²) in [6, 6.07) is 13.9. The van der Waals surface area contributed by atoms with E-state index in [1.807, 2.05) is 12.1 Å². The molecule has 0 bridgehead atoms. The molecular weight excluding hydrogens is 358 g/mol. The van der Waals surface area contributed by atoms with Crippen LogP contribution in [0.3, 0.4) is 0 Å². The number of methoxy groups -OCH3 is 1. The Balaban J connectivity index is 1.72. The van der Waals surface area contributed by atoms with Crippen molar-refractivity contribution < 1.29 is 23.8 Å². The Bertz CT molecular complexity index is 731. The molecule has 6 nitrogen and oxygen atoms in total. The van der Waals surface area contributed by atoms with E-state index in [4.69, 9.17) is 25.8 Å². The van der Waals surface area contributed by atoms with Crippen molar-refractivity contribution in [2.45, 2.75) is 19.6 Å². The number of esters is 1. The molecule has 2 aromatic rings. The topological polar surface area (TPSA) is 73.9 Å². The van der Waals surface area contributed by atoms with Gasteiger partial charge in [-0.2, -0.15) is 0 Å². The average molecular weight is 378 g/mol. The summed E-state index contributed by atoms with van der Waals surface area (Å²) in [5, 5.41) is 3.28. The van der Waals surface area contributed by atoms with Crippen LogP contribution in [0.2, 0.25) is 5.02 Å².